The molecule has 0 aliphatic heterocycles. The van der Waals surface area contributed by atoms with E-state index in [1.807, 2.05) is 0 Å². The van der Waals surface area contributed by atoms with E-state index in [0.717, 1.165) is 161 Å². The molecule has 19 heteroatoms. The predicted octanol–water partition coefficient (Wildman–Crippen LogP) is 22.8. The number of carbonyl (C=O) groups excluding carboxylic acids is 4. The standard InChI is InChI=1S/C81H142O17P2/c1-5-9-13-17-21-25-29-33-35-36-37-38-40-44-46-50-54-58-62-66-79(84)92-72-77(98-81(86)68-64-60-56-52-48-42-32-28-24-20-16-12-8-4)74-96-100(89,90)94-70-75(82)69-93-99(87,88)95-73-76(97-80(85)67-63-59-55-51-47-41-31-27-23-19-15-11-7-3)71-91-78(83)65-61-57-53-49-45-43-39-34-30-26-22-18-14-10-6-2/h9,13,21-22,25-27,31,33-35,37-39,44,46,75-77,82H,5-8,10-12,14-20,23-24,28-30,32,36,40-43,45,47-74H2,1-4H3,(H,87,88)(H,89,90)/b13-9-,25-21-,26-22-,31-27-,35-33-,38-37-,39-34-,46-44-. The Balaban J connectivity index is 5.36. The maximum atomic E-state index is 13.1. The third-order valence-corrected chi connectivity index (χ3v) is 18.4. The quantitative estimate of drug-likeness (QED) is 0.0169. The molecule has 17 nitrogen and oxygen atoms in total. The van der Waals surface area contributed by atoms with E-state index in [0.29, 0.717) is 25.7 Å². The van der Waals surface area contributed by atoms with Crippen LogP contribution < -0.4 is 0 Å². The Morgan fingerprint density at radius 1 is 0.290 bits per heavy atom. The van der Waals surface area contributed by atoms with E-state index in [9.17, 15) is 43.2 Å². The summed E-state index contributed by atoms with van der Waals surface area (Å²) in [5.74, 6) is -2.22. The van der Waals surface area contributed by atoms with Gasteiger partial charge in [-0.05, 0) is 128 Å². The Bertz CT molecular complexity index is 2270. The van der Waals surface area contributed by atoms with Crippen molar-refractivity contribution >= 4 is 39.5 Å². The molecular formula is C81H142O17P2. The molecule has 0 aliphatic carbocycles. The largest absolute Gasteiger partial charge is 0.472 e. The van der Waals surface area contributed by atoms with Crippen molar-refractivity contribution in [3.8, 4) is 0 Å². The molecule has 0 heterocycles. The van der Waals surface area contributed by atoms with Gasteiger partial charge in [-0.25, -0.2) is 9.13 Å². The number of phosphoric ester groups is 2. The van der Waals surface area contributed by atoms with Crippen molar-refractivity contribution in [2.45, 2.75) is 354 Å². The fourth-order valence-corrected chi connectivity index (χ4v) is 12.1. The first-order valence-corrected chi connectivity index (χ1v) is 42.5. The van der Waals surface area contributed by atoms with Gasteiger partial charge >= 0.3 is 39.5 Å². The highest BCUT2D eigenvalue weighted by Crippen LogP contribution is 2.45. The Labute approximate surface area is 607 Å². The number of ether oxygens (including phenoxy) is 4. The normalized spacial score (nSPS) is 14.4. The Hall–Kier alpha value is -4.02. The van der Waals surface area contributed by atoms with E-state index in [4.69, 9.17) is 37.0 Å². The molecule has 0 bridgehead atoms. The van der Waals surface area contributed by atoms with E-state index in [1.165, 1.54) is 96.3 Å². The molecule has 5 atom stereocenters. The van der Waals surface area contributed by atoms with Crippen molar-refractivity contribution in [2.75, 3.05) is 39.6 Å². The molecule has 0 aromatic heterocycles. The summed E-state index contributed by atoms with van der Waals surface area (Å²) in [5, 5.41) is 10.6. The number of hydrogen-bond donors (Lipinski definition) is 3. The average molecular weight is 1450 g/mol. The Kier molecular flexibility index (Phi) is 70.4. The zero-order chi connectivity index (χ0) is 73.2. The number of carbonyl (C=O) groups is 4. The van der Waals surface area contributed by atoms with E-state index in [1.54, 1.807) is 0 Å². The Morgan fingerprint density at radius 3 is 0.850 bits per heavy atom. The van der Waals surface area contributed by atoms with Gasteiger partial charge in [-0.1, -0.05) is 279 Å². The van der Waals surface area contributed by atoms with Gasteiger partial charge in [-0.3, -0.25) is 37.3 Å². The molecule has 0 aromatic carbocycles. The summed E-state index contributed by atoms with van der Waals surface area (Å²) in [6.07, 6.45) is 76.7. The van der Waals surface area contributed by atoms with E-state index in [2.05, 4.69) is 125 Å². The zero-order valence-electron chi connectivity index (χ0n) is 63.1. The topological polar surface area (TPSA) is 237 Å². The lowest BCUT2D eigenvalue weighted by Crippen LogP contribution is -2.30. The second-order valence-corrected chi connectivity index (χ2v) is 29.2. The fraction of sp³-hybridized carbons (Fsp3) is 0.753. The minimum Gasteiger partial charge on any atom is -0.462 e. The molecule has 3 N–H and O–H groups in total. The lowest BCUT2D eigenvalue weighted by Gasteiger charge is -2.21. The van der Waals surface area contributed by atoms with Crippen LogP contribution in [0, 0.1) is 0 Å². The smallest absolute Gasteiger partial charge is 0.462 e. The first-order valence-electron chi connectivity index (χ1n) is 39.5. The van der Waals surface area contributed by atoms with Gasteiger partial charge in [0.15, 0.2) is 12.2 Å². The van der Waals surface area contributed by atoms with Crippen molar-refractivity contribution in [2.24, 2.45) is 0 Å². The Morgan fingerprint density at radius 2 is 0.520 bits per heavy atom. The second kappa shape index (κ2) is 73.3. The molecule has 5 unspecified atom stereocenters. The van der Waals surface area contributed by atoms with Crippen molar-refractivity contribution in [1.29, 1.82) is 0 Å². The summed E-state index contributed by atoms with van der Waals surface area (Å²) in [4.78, 5) is 72.9. The first kappa shape index (κ1) is 96.0. The van der Waals surface area contributed by atoms with Crippen molar-refractivity contribution in [3.63, 3.8) is 0 Å². The molecule has 0 saturated heterocycles. The van der Waals surface area contributed by atoms with Gasteiger partial charge < -0.3 is 33.8 Å². The number of esters is 4. The van der Waals surface area contributed by atoms with Gasteiger partial charge in [0.05, 0.1) is 26.4 Å². The zero-order valence-corrected chi connectivity index (χ0v) is 64.9. The first-order chi connectivity index (χ1) is 48.7. The molecule has 0 spiro atoms. The fourth-order valence-electron chi connectivity index (χ4n) is 10.5. The molecule has 100 heavy (non-hydrogen) atoms. The minimum absolute atomic E-state index is 0.0824. The van der Waals surface area contributed by atoms with Crippen molar-refractivity contribution < 1.29 is 80.2 Å². The van der Waals surface area contributed by atoms with Crippen LogP contribution in [0.3, 0.4) is 0 Å². The van der Waals surface area contributed by atoms with Crippen LogP contribution in [0.4, 0.5) is 0 Å². The van der Waals surface area contributed by atoms with Crippen LogP contribution >= 0.6 is 15.6 Å². The summed E-state index contributed by atoms with van der Waals surface area (Å²) in [6.45, 7) is 4.69. The van der Waals surface area contributed by atoms with Gasteiger partial charge in [0.1, 0.15) is 19.3 Å². The molecule has 0 aromatic rings. The van der Waals surface area contributed by atoms with Crippen molar-refractivity contribution in [3.05, 3.63) is 97.2 Å². The molecule has 0 radical (unpaired) electrons. The molecule has 578 valence electrons. The van der Waals surface area contributed by atoms with Gasteiger partial charge in [0, 0.05) is 25.7 Å². The van der Waals surface area contributed by atoms with Crippen LogP contribution in [-0.4, -0.2) is 96.7 Å². The van der Waals surface area contributed by atoms with Gasteiger partial charge in [0.2, 0.25) is 0 Å². The summed E-state index contributed by atoms with van der Waals surface area (Å²) >= 11 is 0. The van der Waals surface area contributed by atoms with Crippen LogP contribution in [0.5, 0.6) is 0 Å². The molecular weight excluding hydrogens is 1310 g/mol. The monoisotopic (exact) mass is 1450 g/mol. The molecule has 0 aliphatic rings. The van der Waals surface area contributed by atoms with Crippen molar-refractivity contribution in [1.82, 2.24) is 0 Å². The second-order valence-electron chi connectivity index (χ2n) is 26.3. The van der Waals surface area contributed by atoms with Gasteiger partial charge in [-0.2, -0.15) is 0 Å². The van der Waals surface area contributed by atoms with Crippen LogP contribution in [0.1, 0.15) is 336 Å². The number of unbranched alkanes of at least 4 members (excludes halogenated alkanes) is 32. The number of aliphatic hydroxyl groups excluding tert-OH is 1. The highest BCUT2D eigenvalue weighted by Gasteiger charge is 2.30. The van der Waals surface area contributed by atoms with Crippen LogP contribution in [0.15, 0.2) is 97.2 Å². The van der Waals surface area contributed by atoms with Crippen LogP contribution in [0.2, 0.25) is 0 Å². The van der Waals surface area contributed by atoms with Crippen LogP contribution in [0.25, 0.3) is 0 Å². The number of phosphoric acid groups is 2. The number of allylic oxidation sites excluding steroid dienone is 16. The third kappa shape index (κ3) is 72.3. The molecule has 0 amide bonds. The minimum atomic E-state index is -4.98. The number of hydrogen-bond acceptors (Lipinski definition) is 15. The average Bonchev–Trinajstić information content (AvgIpc) is 0.935. The number of aliphatic hydroxyl groups is 1. The maximum absolute atomic E-state index is 13.1. The highest BCUT2D eigenvalue weighted by molar-refractivity contribution is 7.47. The summed E-state index contributed by atoms with van der Waals surface area (Å²) in [7, 11) is -9.96. The molecule has 0 rings (SSSR count). The number of rotatable bonds is 74. The van der Waals surface area contributed by atoms with Crippen LogP contribution in [-0.2, 0) is 65.4 Å². The highest BCUT2D eigenvalue weighted by atomic mass is 31.2. The van der Waals surface area contributed by atoms with E-state index in [-0.39, 0.29) is 25.7 Å². The lowest BCUT2D eigenvalue weighted by atomic mass is 10.0. The summed E-state index contributed by atoms with van der Waals surface area (Å²) < 4.78 is 68.5. The van der Waals surface area contributed by atoms with Gasteiger partial charge in [-0.15, -0.1) is 0 Å². The van der Waals surface area contributed by atoms with Gasteiger partial charge in [0.25, 0.3) is 0 Å². The summed E-state index contributed by atoms with van der Waals surface area (Å²) in [5.41, 5.74) is 0. The molecule has 0 fully saturated rings. The van der Waals surface area contributed by atoms with E-state index < -0.39 is 97.5 Å². The third-order valence-electron chi connectivity index (χ3n) is 16.5. The lowest BCUT2D eigenvalue weighted by molar-refractivity contribution is -0.161. The SMILES string of the molecule is CC/C=C\C/C=C\C/C=C\C/C=C\C/C=C\CCCCCC(=O)OCC(COP(=O)(O)OCC(O)COP(=O)(O)OCC(COC(=O)CCCCCCC/C=C\C/C=C\CCCCC)OC(=O)CCCCCCC/C=C\CCCCCC)OC(=O)CCCCCCCCCCCCCCC. The maximum Gasteiger partial charge on any atom is 0.472 e. The van der Waals surface area contributed by atoms with E-state index >= 15 is 0 Å². The molecule has 0 saturated carbocycles. The predicted molar refractivity (Wildman–Crippen MR) is 409 cm³/mol. The summed E-state index contributed by atoms with van der Waals surface area (Å²) in [6, 6.07) is 0.